The summed E-state index contributed by atoms with van der Waals surface area (Å²) in [5.74, 6) is -1.22. The van der Waals surface area contributed by atoms with E-state index in [1.165, 1.54) is 11.8 Å². The average Bonchev–Trinajstić information content (AvgIpc) is 3.13. The minimum absolute atomic E-state index is 0.0331. The van der Waals surface area contributed by atoms with E-state index in [0.29, 0.717) is 10.0 Å². The van der Waals surface area contributed by atoms with Crippen molar-refractivity contribution in [2.24, 2.45) is 0 Å². The monoisotopic (exact) mass is 325 g/mol. The molecule has 0 bridgehead atoms. The van der Waals surface area contributed by atoms with Crippen molar-refractivity contribution < 1.29 is 14.7 Å². The normalized spacial score (nSPS) is 17.6. The largest absolute Gasteiger partial charge is 0.479 e. The van der Waals surface area contributed by atoms with E-state index in [1.54, 1.807) is 25.1 Å². The maximum Gasteiger partial charge on any atom is 0.334 e. The molecule has 4 nitrogen and oxygen atoms in total. The van der Waals surface area contributed by atoms with Crippen LogP contribution in [0, 0.1) is 0 Å². The highest BCUT2D eigenvalue weighted by Crippen LogP contribution is 2.41. The van der Waals surface area contributed by atoms with Crippen LogP contribution in [-0.2, 0) is 15.1 Å². The molecule has 0 aromatic heterocycles. The van der Waals surface area contributed by atoms with Gasteiger partial charge in [-0.15, -0.1) is 0 Å². The Bertz CT molecular complexity index is 527. The molecular weight excluding hydrogens is 310 g/mol. The summed E-state index contributed by atoms with van der Waals surface area (Å²) < 4.78 is 0.701. The lowest BCUT2D eigenvalue weighted by atomic mass is 9.89. The smallest absolute Gasteiger partial charge is 0.334 e. The van der Waals surface area contributed by atoms with Crippen molar-refractivity contribution in [2.75, 3.05) is 0 Å². The van der Waals surface area contributed by atoms with Crippen molar-refractivity contribution in [3.8, 4) is 0 Å². The molecule has 0 radical (unpaired) electrons. The van der Waals surface area contributed by atoms with Crippen LogP contribution in [0.25, 0.3) is 0 Å². The summed E-state index contributed by atoms with van der Waals surface area (Å²) in [5.41, 5.74) is -0.739. The number of hydrogen-bond acceptors (Lipinski definition) is 2. The third-order valence-corrected chi connectivity index (χ3v) is 4.24. The molecule has 1 aromatic carbocycles. The van der Waals surface area contributed by atoms with Crippen molar-refractivity contribution in [3.63, 3.8) is 0 Å². The van der Waals surface area contributed by atoms with Crippen LogP contribution in [0.15, 0.2) is 28.7 Å². The standard InChI is InChI=1S/C14H16BrNO3/c1-9(17)16(10-7-8-10)14(2,13(18)19)11-5-3-4-6-12(11)15/h3-6,10H,7-8H2,1-2H3,(H,18,19). The number of benzene rings is 1. The highest BCUT2D eigenvalue weighted by atomic mass is 79.9. The number of aliphatic carboxylic acids is 1. The lowest BCUT2D eigenvalue weighted by Gasteiger charge is -2.38. The maximum absolute atomic E-state index is 11.9. The maximum atomic E-state index is 11.9. The number of rotatable bonds is 4. The zero-order valence-electron chi connectivity index (χ0n) is 10.9. The predicted molar refractivity (Wildman–Crippen MR) is 74.7 cm³/mol. The molecule has 102 valence electrons. The first-order chi connectivity index (χ1) is 8.89. The first-order valence-electron chi connectivity index (χ1n) is 6.17. The highest BCUT2D eigenvalue weighted by molar-refractivity contribution is 9.10. The minimum Gasteiger partial charge on any atom is -0.479 e. The number of carbonyl (C=O) groups excluding carboxylic acids is 1. The van der Waals surface area contributed by atoms with Gasteiger partial charge in [-0.05, 0) is 25.8 Å². The predicted octanol–water partition coefficient (Wildman–Crippen LogP) is 2.76. The molecule has 1 aromatic rings. The molecule has 1 aliphatic carbocycles. The molecule has 1 N–H and O–H groups in total. The summed E-state index contributed by atoms with van der Waals surface area (Å²) in [5, 5.41) is 9.69. The minimum atomic E-state index is -1.34. The van der Waals surface area contributed by atoms with Crippen molar-refractivity contribution >= 4 is 27.8 Å². The third-order valence-electron chi connectivity index (χ3n) is 3.55. The van der Waals surface area contributed by atoms with Crippen molar-refractivity contribution in [1.82, 2.24) is 4.90 Å². The second-order valence-electron chi connectivity index (χ2n) is 4.98. The molecule has 19 heavy (non-hydrogen) atoms. The molecule has 1 unspecified atom stereocenters. The van der Waals surface area contributed by atoms with Crippen molar-refractivity contribution in [2.45, 2.75) is 38.3 Å². The molecule has 1 aliphatic rings. The zero-order chi connectivity index (χ0) is 14.2. The number of amides is 1. The van der Waals surface area contributed by atoms with Gasteiger partial charge in [0.25, 0.3) is 0 Å². The topological polar surface area (TPSA) is 57.6 Å². The van der Waals surface area contributed by atoms with Gasteiger partial charge in [-0.25, -0.2) is 4.79 Å². The van der Waals surface area contributed by atoms with Crippen LogP contribution >= 0.6 is 15.9 Å². The van der Waals surface area contributed by atoms with Crippen molar-refractivity contribution in [3.05, 3.63) is 34.3 Å². The second kappa shape index (κ2) is 4.96. The number of carbonyl (C=O) groups is 2. The SMILES string of the molecule is CC(=O)N(C1CC1)C(C)(C(=O)O)c1ccccc1Br. The van der Waals surface area contributed by atoms with Crippen LogP contribution in [0.2, 0.25) is 0 Å². The number of carboxylic acids is 1. The fourth-order valence-corrected chi connectivity index (χ4v) is 3.14. The Morgan fingerprint density at radius 1 is 1.37 bits per heavy atom. The highest BCUT2D eigenvalue weighted by Gasteiger charge is 2.49. The lowest BCUT2D eigenvalue weighted by molar-refractivity contribution is -0.159. The van der Waals surface area contributed by atoms with E-state index >= 15 is 0 Å². The van der Waals surface area contributed by atoms with Gasteiger partial charge in [0.1, 0.15) is 0 Å². The van der Waals surface area contributed by atoms with E-state index in [4.69, 9.17) is 0 Å². The molecule has 0 saturated heterocycles. The number of nitrogens with zero attached hydrogens (tertiary/aromatic N) is 1. The van der Waals surface area contributed by atoms with E-state index in [1.807, 2.05) is 6.07 Å². The van der Waals surface area contributed by atoms with Gasteiger partial charge in [0, 0.05) is 23.0 Å². The van der Waals surface area contributed by atoms with Gasteiger partial charge in [-0.1, -0.05) is 34.1 Å². The Morgan fingerprint density at radius 2 is 1.95 bits per heavy atom. The second-order valence-corrected chi connectivity index (χ2v) is 5.83. The Kier molecular flexibility index (Phi) is 3.67. The summed E-state index contributed by atoms with van der Waals surface area (Å²) >= 11 is 3.39. The first kappa shape index (κ1) is 14.1. The fraction of sp³-hybridized carbons (Fsp3) is 0.429. The molecule has 2 rings (SSSR count). The molecule has 0 spiro atoms. The van der Waals surface area contributed by atoms with Crippen LogP contribution in [0.4, 0.5) is 0 Å². The summed E-state index contributed by atoms with van der Waals surface area (Å²) in [6, 6.07) is 7.18. The fourth-order valence-electron chi connectivity index (χ4n) is 2.47. The van der Waals surface area contributed by atoms with E-state index in [9.17, 15) is 14.7 Å². The van der Waals surface area contributed by atoms with Gasteiger partial charge < -0.3 is 10.0 Å². The lowest BCUT2D eigenvalue weighted by Crippen LogP contribution is -2.53. The number of hydrogen-bond donors (Lipinski definition) is 1. The van der Waals surface area contributed by atoms with Gasteiger partial charge >= 0.3 is 5.97 Å². The molecule has 0 heterocycles. The molecule has 1 atom stereocenters. The average molecular weight is 326 g/mol. The molecule has 1 saturated carbocycles. The van der Waals surface area contributed by atoms with Gasteiger partial charge in [0.15, 0.2) is 5.54 Å². The van der Waals surface area contributed by atoms with Gasteiger partial charge in [0.05, 0.1) is 0 Å². The zero-order valence-corrected chi connectivity index (χ0v) is 12.5. The van der Waals surface area contributed by atoms with E-state index in [2.05, 4.69) is 15.9 Å². The van der Waals surface area contributed by atoms with Gasteiger partial charge in [0.2, 0.25) is 5.91 Å². The third kappa shape index (κ3) is 2.39. The Balaban J connectivity index is 2.57. The summed E-state index contributed by atoms with van der Waals surface area (Å²) in [6.07, 6.45) is 1.74. The van der Waals surface area contributed by atoms with Crippen LogP contribution < -0.4 is 0 Å². The number of carboxylic acid groups (broad SMARTS) is 1. The van der Waals surface area contributed by atoms with Gasteiger partial charge in [-0.2, -0.15) is 0 Å². The van der Waals surface area contributed by atoms with E-state index in [0.717, 1.165) is 12.8 Å². The molecule has 5 heteroatoms. The first-order valence-corrected chi connectivity index (χ1v) is 6.96. The summed E-state index contributed by atoms with van der Waals surface area (Å²) in [4.78, 5) is 25.2. The Morgan fingerprint density at radius 3 is 2.37 bits per heavy atom. The van der Waals surface area contributed by atoms with Crippen LogP contribution in [0.5, 0.6) is 0 Å². The van der Waals surface area contributed by atoms with E-state index < -0.39 is 11.5 Å². The summed E-state index contributed by atoms with van der Waals surface area (Å²) in [6.45, 7) is 3.02. The van der Waals surface area contributed by atoms with Crippen LogP contribution in [0.1, 0.15) is 32.3 Å². The van der Waals surface area contributed by atoms with E-state index in [-0.39, 0.29) is 11.9 Å². The molecule has 1 amide bonds. The molecular formula is C14H16BrNO3. The van der Waals surface area contributed by atoms with Gasteiger partial charge in [-0.3, -0.25) is 4.79 Å². The van der Waals surface area contributed by atoms with Crippen LogP contribution in [-0.4, -0.2) is 27.9 Å². The Hall–Kier alpha value is -1.36. The molecule has 1 fully saturated rings. The van der Waals surface area contributed by atoms with Crippen molar-refractivity contribution in [1.29, 1.82) is 0 Å². The summed E-state index contributed by atoms with van der Waals surface area (Å²) in [7, 11) is 0. The Labute approximate surface area is 120 Å². The molecule has 0 aliphatic heterocycles. The number of halogens is 1. The quantitative estimate of drug-likeness (QED) is 0.926. The van der Waals surface area contributed by atoms with Crippen LogP contribution in [0.3, 0.4) is 0 Å².